The van der Waals surface area contributed by atoms with Crippen LogP contribution in [-0.2, 0) is 0 Å². The minimum atomic E-state index is -4.40. The molecule has 0 aromatic heterocycles. The predicted octanol–water partition coefficient (Wildman–Crippen LogP) is 3.78. The van der Waals surface area contributed by atoms with E-state index in [2.05, 4.69) is 5.32 Å². The van der Waals surface area contributed by atoms with Crippen molar-refractivity contribution in [2.75, 3.05) is 6.61 Å². The first-order chi connectivity index (χ1) is 9.01. The molecule has 0 spiro atoms. The third-order valence-electron chi connectivity index (χ3n) is 3.86. The Kier molecular flexibility index (Phi) is 7.76. The molecule has 0 heterocycles. The first-order valence-electron chi connectivity index (χ1n) is 7.45. The van der Waals surface area contributed by atoms with Gasteiger partial charge in [-0.05, 0) is 25.7 Å². The third kappa shape index (κ3) is 8.47. The zero-order valence-corrected chi connectivity index (χ0v) is 11.5. The molecule has 0 aromatic carbocycles. The number of nitrogens with one attached hydrogen (secondary N) is 1. The van der Waals surface area contributed by atoms with Crippen molar-refractivity contribution >= 4 is 0 Å². The van der Waals surface area contributed by atoms with E-state index in [4.69, 9.17) is 5.11 Å². The first-order valence-corrected chi connectivity index (χ1v) is 7.45. The van der Waals surface area contributed by atoms with Gasteiger partial charge in [-0.3, -0.25) is 0 Å². The topological polar surface area (TPSA) is 32.3 Å². The Morgan fingerprint density at radius 3 is 1.37 bits per heavy atom. The molecule has 0 bridgehead atoms. The van der Waals surface area contributed by atoms with E-state index >= 15 is 0 Å². The maximum Gasteiger partial charge on any atom is 0.411 e. The molecule has 114 valence electrons. The molecule has 0 atom stereocenters. The summed E-state index contributed by atoms with van der Waals surface area (Å²) in [5, 5.41) is 11.1. The Balaban J connectivity index is 0.000000258. The van der Waals surface area contributed by atoms with Crippen molar-refractivity contribution in [2.45, 2.75) is 82.5 Å². The predicted molar refractivity (Wildman–Crippen MR) is 70.0 cm³/mol. The lowest BCUT2D eigenvalue weighted by molar-refractivity contribution is -0.159. The van der Waals surface area contributed by atoms with Gasteiger partial charge in [0.25, 0.3) is 0 Å². The summed E-state index contributed by atoms with van der Waals surface area (Å²) in [6, 6.07) is 1.74. The van der Waals surface area contributed by atoms with Crippen molar-refractivity contribution in [3.8, 4) is 0 Å². The van der Waals surface area contributed by atoms with Crippen LogP contribution >= 0.6 is 0 Å². The summed E-state index contributed by atoms with van der Waals surface area (Å²) in [5.74, 6) is 0. The number of hydrogen-bond donors (Lipinski definition) is 2. The molecule has 2 N–H and O–H groups in total. The number of hydrogen-bond acceptors (Lipinski definition) is 2. The van der Waals surface area contributed by atoms with Crippen molar-refractivity contribution in [3.63, 3.8) is 0 Å². The molecule has 0 amide bonds. The minimum Gasteiger partial charge on any atom is -0.387 e. The molecule has 5 heteroatoms. The average Bonchev–Trinajstić information content (AvgIpc) is 2.41. The Morgan fingerprint density at radius 1 is 0.789 bits per heavy atom. The van der Waals surface area contributed by atoms with Gasteiger partial charge in [0.15, 0.2) is 0 Å². The zero-order valence-electron chi connectivity index (χ0n) is 11.5. The van der Waals surface area contributed by atoms with Crippen LogP contribution in [0.5, 0.6) is 0 Å². The smallest absolute Gasteiger partial charge is 0.387 e. The molecule has 2 aliphatic rings. The monoisotopic (exact) mass is 281 g/mol. The van der Waals surface area contributed by atoms with Gasteiger partial charge < -0.3 is 10.4 Å². The number of rotatable bonds is 2. The van der Waals surface area contributed by atoms with Gasteiger partial charge in [-0.2, -0.15) is 13.2 Å². The van der Waals surface area contributed by atoms with Crippen LogP contribution in [0.1, 0.15) is 64.2 Å². The first kappa shape index (κ1) is 16.8. The highest BCUT2D eigenvalue weighted by Crippen LogP contribution is 2.22. The Morgan fingerprint density at radius 2 is 1.11 bits per heavy atom. The molecule has 2 fully saturated rings. The Labute approximate surface area is 113 Å². The average molecular weight is 281 g/mol. The molecule has 19 heavy (non-hydrogen) atoms. The van der Waals surface area contributed by atoms with Crippen molar-refractivity contribution in [2.24, 2.45) is 0 Å². The number of alkyl halides is 3. The Hall–Kier alpha value is -0.290. The summed E-state index contributed by atoms with van der Waals surface area (Å²) >= 11 is 0. The summed E-state index contributed by atoms with van der Waals surface area (Å²) in [7, 11) is 0. The number of halogens is 3. The van der Waals surface area contributed by atoms with Crippen LogP contribution in [0.2, 0.25) is 0 Å². The third-order valence-corrected chi connectivity index (χ3v) is 3.86. The van der Waals surface area contributed by atoms with Crippen LogP contribution in [0.4, 0.5) is 13.2 Å². The summed E-state index contributed by atoms with van der Waals surface area (Å²) in [5.41, 5.74) is 0. The molecule has 0 saturated heterocycles. The molecular formula is C14H26F3NO. The summed E-state index contributed by atoms with van der Waals surface area (Å²) < 4.78 is 31.6. The zero-order chi connectivity index (χ0) is 14.1. The molecule has 2 saturated carbocycles. The van der Waals surface area contributed by atoms with E-state index in [1.807, 2.05) is 0 Å². The minimum absolute atomic E-state index is 0.872. The summed E-state index contributed by atoms with van der Waals surface area (Å²) in [4.78, 5) is 0. The van der Waals surface area contributed by atoms with Gasteiger partial charge in [0.1, 0.15) is 6.61 Å². The molecule has 2 aliphatic carbocycles. The van der Waals surface area contributed by atoms with Crippen LogP contribution in [0.25, 0.3) is 0 Å². The van der Waals surface area contributed by atoms with Crippen LogP contribution in [0.15, 0.2) is 0 Å². The summed E-state index contributed by atoms with van der Waals surface area (Å²) in [6.45, 7) is -1.73. The van der Waals surface area contributed by atoms with Gasteiger partial charge in [-0.1, -0.05) is 38.5 Å². The fraction of sp³-hybridized carbons (Fsp3) is 1.00. The quantitative estimate of drug-likeness (QED) is 0.807. The van der Waals surface area contributed by atoms with E-state index < -0.39 is 12.8 Å². The fourth-order valence-corrected chi connectivity index (χ4v) is 2.87. The van der Waals surface area contributed by atoms with E-state index in [0.29, 0.717) is 0 Å². The van der Waals surface area contributed by atoms with Gasteiger partial charge in [0.05, 0.1) is 0 Å². The second-order valence-corrected chi connectivity index (χ2v) is 5.61. The normalized spacial score (nSPS) is 22.7. The van der Waals surface area contributed by atoms with Crippen molar-refractivity contribution in [3.05, 3.63) is 0 Å². The Bertz CT molecular complexity index is 205. The van der Waals surface area contributed by atoms with Gasteiger partial charge >= 0.3 is 6.18 Å². The maximum absolute atomic E-state index is 10.5. The lowest BCUT2D eigenvalue weighted by Crippen LogP contribution is -2.40. The molecule has 2 rings (SSSR count). The largest absolute Gasteiger partial charge is 0.411 e. The van der Waals surface area contributed by atoms with Crippen LogP contribution in [0, 0.1) is 0 Å². The highest BCUT2D eigenvalue weighted by atomic mass is 19.4. The highest BCUT2D eigenvalue weighted by Gasteiger charge is 2.24. The van der Waals surface area contributed by atoms with E-state index in [0.717, 1.165) is 12.1 Å². The van der Waals surface area contributed by atoms with Gasteiger partial charge in [0.2, 0.25) is 0 Å². The van der Waals surface area contributed by atoms with Crippen LogP contribution in [-0.4, -0.2) is 30.0 Å². The van der Waals surface area contributed by atoms with E-state index in [-0.39, 0.29) is 0 Å². The molecule has 0 aromatic rings. The van der Waals surface area contributed by atoms with Gasteiger partial charge in [-0.25, -0.2) is 0 Å². The van der Waals surface area contributed by atoms with Gasteiger partial charge in [-0.15, -0.1) is 0 Å². The highest BCUT2D eigenvalue weighted by molar-refractivity contribution is 4.79. The molecule has 0 aliphatic heterocycles. The summed E-state index contributed by atoms with van der Waals surface area (Å²) in [6.07, 6.45) is 10.2. The van der Waals surface area contributed by atoms with Crippen LogP contribution < -0.4 is 5.32 Å². The van der Waals surface area contributed by atoms with E-state index in [1.165, 1.54) is 64.2 Å². The molecule has 2 nitrogen and oxygen atoms in total. The van der Waals surface area contributed by atoms with Gasteiger partial charge in [0, 0.05) is 12.1 Å². The number of aliphatic hydroxyl groups is 1. The fourth-order valence-electron chi connectivity index (χ4n) is 2.87. The SMILES string of the molecule is C1CCC(NC2CCCCC2)CC1.OCC(F)(F)F. The molecule has 0 radical (unpaired) electrons. The van der Waals surface area contributed by atoms with E-state index in [9.17, 15) is 13.2 Å². The lowest BCUT2D eigenvalue weighted by Gasteiger charge is -2.30. The number of aliphatic hydroxyl groups excluding tert-OH is 1. The lowest BCUT2D eigenvalue weighted by atomic mass is 9.91. The second-order valence-electron chi connectivity index (χ2n) is 5.61. The van der Waals surface area contributed by atoms with Crippen molar-refractivity contribution in [1.82, 2.24) is 5.32 Å². The van der Waals surface area contributed by atoms with E-state index in [1.54, 1.807) is 0 Å². The standard InChI is InChI=1S/C12H23N.C2H3F3O/c1-3-7-11(8-4-1)13-12-9-5-2-6-10-12;3-2(4,5)1-6/h11-13H,1-10H2;6H,1H2. The van der Waals surface area contributed by atoms with Crippen molar-refractivity contribution in [1.29, 1.82) is 0 Å². The molecule has 0 unspecified atom stereocenters. The van der Waals surface area contributed by atoms with Crippen molar-refractivity contribution < 1.29 is 18.3 Å². The second kappa shape index (κ2) is 8.80. The molecular weight excluding hydrogens is 255 g/mol. The maximum atomic E-state index is 10.5. The van der Waals surface area contributed by atoms with Crippen LogP contribution in [0.3, 0.4) is 0 Å².